The monoisotopic (exact) mass is 375 g/mol. The number of likely N-dealkylation sites (tertiary alicyclic amines) is 1. The molecular formula is C22H25N5O. The Morgan fingerprint density at radius 2 is 1.79 bits per heavy atom. The summed E-state index contributed by atoms with van der Waals surface area (Å²) in [4.78, 5) is 14.7. The number of aromatic nitrogens is 3. The lowest BCUT2D eigenvalue weighted by Crippen LogP contribution is -2.41. The lowest BCUT2D eigenvalue weighted by atomic mass is 9.97. The van der Waals surface area contributed by atoms with E-state index in [1.807, 2.05) is 52.2 Å². The average molecular weight is 375 g/mol. The van der Waals surface area contributed by atoms with Crippen molar-refractivity contribution < 1.29 is 4.79 Å². The van der Waals surface area contributed by atoms with Gasteiger partial charge >= 0.3 is 6.03 Å². The van der Waals surface area contributed by atoms with Gasteiger partial charge in [0, 0.05) is 31.5 Å². The lowest BCUT2D eigenvalue weighted by Gasteiger charge is -2.32. The minimum absolute atomic E-state index is 0.0142. The van der Waals surface area contributed by atoms with Crippen molar-refractivity contribution in [2.24, 2.45) is 5.92 Å². The van der Waals surface area contributed by atoms with E-state index in [1.165, 1.54) is 5.56 Å². The van der Waals surface area contributed by atoms with Crippen LogP contribution >= 0.6 is 0 Å². The molecule has 144 valence electrons. The molecule has 6 heteroatoms. The lowest BCUT2D eigenvalue weighted by molar-refractivity contribution is 0.175. The Labute approximate surface area is 165 Å². The number of urea groups is 1. The number of carbonyl (C=O) groups is 1. The van der Waals surface area contributed by atoms with Crippen LogP contribution in [0.1, 0.15) is 24.0 Å². The van der Waals surface area contributed by atoms with Gasteiger partial charge in [0.15, 0.2) is 0 Å². The second-order valence-electron chi connectivity index (χ2n) is 7.31. The van der Waals surface area contributed by atoms with Crippen molar-refractivity contribution in [3.63, 3.8) is 0 Å². The summed E-state index contributed by atoms with van der Waals surface area (Å²) < 4.78 is 1.88. The number of nitrogens with one attached hydrogen (secondary N) is 1. The standard InChI is InChI=1S/C22H25N5O/c28-22(26-13-10-19(11-14-26)17-27-15-12-23-25-27)24-21-9-5-4-8-20(21)16-18-6-2-1-3-7-18/h1-9,12,15,19H,10-11,13-14,16-17H2,(H,24,28). The number of nitrogens with zero attached hydrogens (tertiary/aromatic N) is 4. The molecule has 2 heterocycles. The average Bonchev–Trinajstić information content (AvgIpc) is 3.24. The van der Waals surface area contributed by atoms with Crippen LogP contribution in [0.3, 0.4) is 0 Å². The van der Waals surface area contributed by atoms with Gasteiger partial charge in [0.25, 0.3) is 0 Å². The predicted octanol–water partition coefficient (Wildman–Crippen LogP) is 3.81. The van der Waals surface area contributed by atoms with E-state index >= 15 is 0 Å². The molecule has 0 radical (unpaired) electrons. The first-order valence-electron chi connectivity index (χ1n) is 9.80. The maximum absolute atomic E-state index is 12.8. The SMILES string of the molecule is O=C(Nc1ccccc1Cc1ccccc1)N1CCC(Cn2ccnn2)CC1. The Hall–Kier alpha value is -3.15. The van der Waals surface area contributed by atoms with Crippen LogP contribution in [0.4, 0.5) is 10.5 Å². The zero-order valence-electron chi connectivity index (χ0n) is 15.9. The van der Waals surface area contributed by atoms with E-state index in [9.17, 15) is 4.79 Å². The maximum atomic E-state index is 12.8. The molecule has 0 unspecified atom stereocenters. The molecule has 0 aliphatic carbocycles. The molecule has 1 saturated heterocycles. The van der Waals surface area contributed by atoms with Crippen molar-refractivity contribution in [1.82, 2.24) is 19.9 Å². The summed E-state index contributed by atoms with van der Waals surface area (Å²) in [5, 5.41) is 11.0. The summed E-state index contributed by atoms with van der Waals surface area (Å²) in [5.41, 5.74) is 3.25. The molecule has 0 saturated carbocycles. The molecule has 0 bridgehead atoms. The summed E-state index contributed by atoms with van der Waals surface area (Å²) in [6.07, 6.45) is 6.37. The van der Waals surface area contributed by atoms with E-state index in [4.69, 9.17) is 0 Å². The highest BCUT2D eigenvalue weighted by Crippen LogP contribution is 2.22. The minimum atomic E-state index is -0.0142. The second-order valence-corrected chi connectivity index (χ2v) is 7.31. The Morgan fingerprint density at radius 3 is 2.54 bits per heavy atom. The number of benzene rings is 2. The van der Waals surface area contributed by atoms with E-state index in [0.29, 0.717) is 5.92 Å². The molecule has 1 aliphatic heterocycles. The predicted molar refractivity (Wildman–Crippen MR) is 109 cm³/mol. The molecular weight excluding hydrogens is 350 g/mol. The van der Waals surface area contributed by atoms with E-state index in [0.717, 1.165) is 50.1 Å². The normalized spacial score (nSPS) is 14.8. The first-order chi connectivity index (χ1) is 13.8. The first kappa shape index (κ1) is 18.2. The maximum Gasteiger partial charge on any atom is 0.321 e. The van der Waals surface area contributed by atoms with Crippen LogP contribution in [0.2, 0.25) is 0 Å². The molecule has 2 amide bonds. The van der Waals surface area contributed by atoms with Gasteiger partial charge in [-0.1, -0.05) is 53.7 Å². The van der Waals surface area contributed by atoms with Gasteiger partial charge in [-0.25, -0.2) is 4.79 Å². The second kappa shape index (κ2) is 8.69. The zero-order valence-corrected chi connectivity index (χ0v) is 15.9. The van der Waals surface area contributed by atoms with Gasteiger partial charge in [0.2, 0.25) is 0 Å². The largest absolute Gasteiger partial charge is 0.325 e. The molecule has 3 aromatic rings. The number of anilines is 1. The van der Waals surface area contributed by atoms with Crippen molar-refractivity contribution >= 4 is 11.7 Å². The van der Waals surface area contributed by atoms with Gasteiger partial charge in [0.1, 0.15) is 0 Å². The smallest absolute Gasteiger partial charge is 0.321 e. The van der Waals surface area contributed by atoms with Crippen molar-refractivity contribution in [2.75, 3.05) is 18.4 Å². The minimum Gasteiger partial charge on any atom is -0.325 e. The number of carbonyl (C=O) groups excluding carboxylic acids is 1. The van der Waals surface area contributed by atoms with Gasteiger partial charge in [-0.3, -0.25) is 4.68 Å². The fraction of sp³-hybridized carbons (Fsp3) is 0.318. The number of hydrogen-bond donors (Lipinski definition) is 1. The summed E-state index contributed by atoms with van der Waals surface area (Å²) >= 11 is 0. The van der Waals surface area contributed by atoms with Crippen LogP contribution in [0.25, 0.3) is 0 Å². The molecule has 28 heavy (non-hydrogen) atoms. The van der Waals surface area contributed by atoms with Crippen molar-refractivity contribution in [1.29, 1.82) is 0 Å². The molecule has 0 atom stereocenters. The van der Waals surface area contributed by atoms with E-state index < -0.39 is 0 Å². The van der Waals surface area contributed by atoms with Crippen LogP contribution < -0.4 is 5.32 Å². The van der Waals surface area contributed by atoms with Gasteiger partial charge < -0.3 is 10.2 Å². The van der Waals surface area contributed by atoms with Gasteiger partial charge in [-0.2, -0.15) is 0 Å². The van der Waals surface area contributed by atoms with Crippen LogP contribution in [0.5, 0.6) is 0 Å². The summed E-state index contributed by atoms with van der Waals surface area (Å²) in [6, 6.07) is 18.3. The Kier molecular flexibility index (Phi) is 5.66. The first-order valence-corrected chi connectivity index (χ1v) is 9.80. The topological polar surface area (TPSA) is 63.1 Å². The van der Waals surface area contributed by atoms with Crippen LogP contribution in [0, 0.1) is 5.92 Å². The highest BCUT2D eigenvalue weighted by Gasteiger charge is 2.23. The molecule has 2 aromatic carbocycles. The van der Waals surface area contributed by atoms with Crippen molar-refractivity contribution in [3.05, 3.63) is 78.1 Å². The Morgan fingerprint density at radius 1 is 1.04 bits per heavy atom. The number of para-hydroxylation sites is 1. The quantitative estimate of drug-likeness (QED) is 0.737. The van der Waals surface area contributed by atoms with Crippen LogP contribution in [-0.4, -0.2) is 39.0 Å². The molecule has 0 spiro atoms. The number of piperidine rings is 1. The molecule has 1 aromatic heterocycles. The molecule has 1 fully saturated rings. The van der Waals surface area contributed by atoms with E-state index in [-0.39, 0.29) is 6.03 Å². The molecule has 1 N–H and O–H groups in total. The van der Waals surface area contributed by atoms with Crippen LogP contribution in [-0.2, 0) is 13.0 Å². The Bertz CT molecular complexity index is 886. The van der Waals surface area contributed by atoms with E-state index in [1.54, 1.807) is 6.20 Å². The third kappa shape index (κ3) is 4.57. The zero-order chi connectivity index (χ0) is 19.2. The third-order valence-corrected chi connectivity index (χ3v) is 5.32. The fourth-order valence-electron chi connectivity index (χ4n) is 3.72. The Balaban J connectivity index is 1.34. The van der Waals surface area contributed by atoms with E-state index in [2.05, 4.69) is 33.8 Å². The fourth-order valence-corrected chi connectivity index (χ4v) is 3.72. The van der Waals surface area contributed by atoms with Crippen molar-refractivity contribution in [3.8, 4) is 0 Å². The number of rotatable bonds is 5. The van der Waals surface area contributed by atoms with Crippen LogP contribution in [0.15, 0.2) is 67.0 Å². The summed E-state index contributed by atoms with van der Waals surface area (Å²) in [5.74, 6) is 0.538. The molecule has 6 nitrogen and oxygen atoms in total. The van der Waals surface area contributed by atoms with Gasteiger partial charge in [-0.05, 0) is 42.4 Å². The third-order valence-electron chi connectivity index (χ3n) is 5.32. The summed E-state index contributed by atoms with van der Waals surface area (Å²) in [7, 11) is 0. The highest BCUT2D eigenvalue weighted by molar-refractivity contribution is 5.90. The molecule has 1 aliphatic rings. The van der Waals surface area contributed by atoms with Gasteiger partial charge in [-0.15, -0.1) is 5.10 Å². The highest BCUT2D eigenvalue weighted by atomic mass is 16.2. The summed E-state index contributed by atoms with van der Waals surface area (Å²) in [6.45, 7) is 2.41. The number of hydrogen-bond acceptors (Lipinski definition) is 3. The molecule has 4 rings (SSSR count). The van der Waals surface area contributed by atoms with Gasteiger partial charge in [0.05, 0.1) is 6.20 Å². The van der Waals surface area contributed by atoms with Crippen molar-refractivity contribution in [2.45, 2.75) is 25.8 Å². The number of amides is 2.